The van der Waals surface area contributed by atoms with Gasteiger partial charge in [0, 0.05) is 51.8 Å². The first-order valence-electron chi connectivity index (χ1n) is 8.87. The van der Waals surface area contributed by atoms with Crippen molar-refractivity contribution in [3.63, 3.8) is 0 Å². The van der Waals surface area contributed by atoms with E-state index in [9.17, 15) is 14.0 Å². The van der Waals surface area contributed by atoms with E-state index in [1.54, 1.807) is 12.1 Å². The molecule has 0 aromatic heterocycles. The highest BCUT2D eigenvalue weighted by atomic mass is 19.1. The zero-order valence-electron chi connectivity index (χ0n) is 14.3. The van der Waals surface area contributed by atoms with Crippen molar-refractivity contribution < 1.29 is 14.0 Å². The molecular formula is C19H24FN3O2. The van der Waals surface area contributed by atoms with Crippen LogP contribution in [0.1, 0.15) is 24.3 Å². The fraction of sp³-hybridized carbons (Fsp3) is 0.526. The fourth-order valence-electron chi connectivity index (χ4n) is 3.44. The Labute approximate surface area is 147 Å². The number of hydrogen-bond donors (Lipinski definition) is 1. The third-order valence-corrected chi connectivity index (χ3v) is 4.94. The van der Waals surface area contributed by atoms with Crippen LogP contribution >= 0.6 is 0 Å². The van der Waals surface area contributed by atoms with Crippen molar-refractivity contribution in [2.75, 3.05) is 39.3 Å². The molecule has 1 aliphatic carbocycles. The maximum Gasteiger partial charge on any atom is 0.149 e. The Morgan fingerprint density at radius 2 is 1.76 bits per heavy atom. The number of ketones is 2. The van der Waals surface area contributed by atoms with Crippen LogP contribution in [-0.4, -0.2) is 61.9 Å². The van der Waals surface area contributed by atoms with E-state index in [0.29, 0.717) is 19.4 Å². The van der Waals surface area contributed by atoms with Crippen LogP contribution in [0.5, 0.6) is 0 Å². The second kappa shape index (κ2) is 8.45. The van der Waals surface area contributed by atoms with Gasteiger partial charge in [-0.1, -0.05) is 12.1 Å². The quantitative estimate of drug-likeness (QED) is 0.648. The summed E-state index contributed by atoms with van der Waals surface area (Å²) in [4.78, 5) is 31.3. The SMILES string of the molecule is O=C1CC(c2ccc(F)cc2)CC(=O)C1C=NCCN1CCNCC1. The van der Waals surface area contributed by atoms with E-state index in [-0.39, 0.29) is 23.3 Å². The normalized spacial score (nSPS) is 25.6. The minimum Gasteiger partial charge on any atom is -0.314 e. The predicted octanol–water partition coefficient (Wildman–Crippen LogP) is 1.43. The minimum atomic E-state index is -0.709. The first-order chi connectivity index (χ1) is 12.1. The number of aliphatic imine (C=N–C) groups is 1. The highest BCUT2D eigenvalue weighted by molar-refractivity contribution is 6.16. The van der Waals surface area contributed by atoms with Crippen LogP contribution in [0.3, 0.4) is 0 Å². The minimum absolute atomic E-state index is 0.0866. The smallest absolute Gasteiger partial charge is 0.149 e. The highest BCUT2D eigenvalue weighted by Gasteiger charge is 2.34. The summed E-state index contributed by atoms with van der Waals surface area (Å²) in [6.45, 7) is 5.47. The summed E-state index contributed by atoms with van der Waals surface area (Å²) in [5.74, 6) is -1.34. The van der Waals surface area contributed by atoms with Crippen LogP contribution in [0.4, 0.5) is 4.39 Å². The molecule has 0 amide bonds. The van der Waals surface area contributed by atoms with Crippen molar-refractivity contribution in [2.45, 2.75) is 18.8 Å². The fourth-order valence-corrected chi connectivity index (χ4v) is 3.44. The number of piperazine rings is 1. The van der Waals surface area contributed by atoms with E-state index in [0.717, 1.165) is 38.3 Å². The van der Waals surface area contributed by atoms with Gasteiger partial charge in [0.1, 0.15) is 23.3 Å². The third-order valence-electron chi connectivity index (χ3n) is 4.94. The third kappa shape index (κ3) is 4.80. The molecule has 0 atom stereocenters. The Hall–Kier alpha value is -1.92. The average molecular weight is 345 g/mol. The van der Waals surface area contributed by atoms with Crippen molar-refractivity contribution in [3.8, 4) is 0 Å². The molecule has 1 aromatic rings. The van der Waals surface area contributed by atoms with Gasteiger partial charge < -0.3 is 5.32 Å². The maximum atomic E-state index is 13.0. The molecule has 5 nitrogen and oxygen atoms in total. The second-order valence-corrected chi connectivity index (χ2v) is 6.71. The van der Waals surface area contributed by atoms with Gasteiger partial charge in [-0.15, -0.1) is 0 Å². The standard InChI is InChI=1S/C19H24FN3O2/c20-16-3-1-14(2-4-16)15-11-18(24)17(19(25)12-15)13-22-7-10-23-8-5-21-6-9-23/h1-4,13,15,17,21H,5-12H2. The van der Waals surface area contributed by atoms with Gasteiger partial charge in [-0.3, -0.25) is 19.5 Å². The first kappa shape index (κ1) is 17.9. The summed E-state index contributed by atoms with van der Waals surface area (Å²) in [6, 6.07) is 6.05. The number of carbonyl (C=O) groups excluding carboxylic acids is 2. The van der Waals surface area contributed by atoms with Gasteiger partial charge in [0.15, 0.2) is 0 Å². The van der Waals surface area contributed by atoms with Gasteiger partial charge in [-0.25, -0.2) is 4.39 Å². The monoisotopic (exact) mass is 345 g/mol. The zero-order chi connectivity index (χ0) is 17.6. The van der Waals surface area contributed by atoms with Crippen molar-refractivity contribution in [1.82, 2.24) is 10.2 Å². The molecule has 0 bridgehead atoms. The molecule has 1 aliphatic heterocycles. The van der Waals surface area contributed by atoms with Crippen molar-refractivity contribution >= 4 is 17.8 Å². The number of nitrogens with zero attached hydrogens (tertiary/aromatic N) is 2. The Kier molecular flexibility index (Phi) is 6.04. The molecule has 1 N–H and O–H groups in total. The highest BCUT2D eigenvalue weighted by Crippen LogP contribution is 2.31. The molecule has 2 aliphatic rings. The van der Waals surface area contributed by atoms with Gasteiger partial charge in [0.2, 0.25) is 0 Å². The first-order valence-corrected chi connectivity index (χ1v) is 8.87. The largest absolute Gasteiger partial charge is 0.314 e. The van der Waals surface area contributed by atoms with Crippen LogP contribution in [0.2, 0.25) is 0 Å². The zero-order valence-corrected chi connectivity index (χ0v) is 14.3. The van der Waals surface area contributed by atoms with Crippen molar-refractivity contribution in [1.29, 1.82) is 0 Å². The molecule has 2 fully saturated rings. The molecule has 0 radical (unpaired) electrons. The summed E-state index contributed by atoms with van der Waals surface area (Å²) in [5, 5.41) is 3.30. The number of Topliss-reactive ketones (excluding diaryl/α,β-unsaturated/α-hetero) is 2. The molecular weight excluding hydrogens is 321 g/mol. The van der Waals surface area contributed by atoms with Gasteiger partial charge in [0.25, 0.3) is 0 Å². The molecule has 134 valence electrons. The summed E-state index contributed by atoms with van der Waals surface area (Å²) >= 11 is 0. The summed E-state index contributed by atoms with van der Waals surface area (Å²) in [5.41, 5.74) is 0.845. The molecule has 1 saturated carbocycles. The Morgan fingerprint density at radius 3 is 2.40 bits per heavy atom. The van der Waals surface area contributed by atoms with Crippen molar-refractivity contribution in [3.05, 3.63) is 35.6 Å². The van der Waals surface area contributed by atoms with Crippen LogP contribution in [0.25, 0.3) is 0 Å². The van der Waals surface area contributed by atoms with E-state index < -0.39 is 5.92 Å². The number of halogens is 1. The Morgan fingerprint density at radius 1 is 1.12 bits per heavy atom. The molecule has 1 saturated heterocycles. The van der Waals surface area contributed by atoms with Gasteiger partial charge >= 0.3 is 0 Å². The van der Waals surface area contributed by atoms with E-state index in [1.807, 2.05) is 0 Å². The Bertz CT molecular complexity index is 621. The van der Waals surface area contributed by atoms with Crippen LogP contribution in [0, 0.1) is 11.7 Å². The summed E-state index contributed by atoms with van der Waals surface area (Å²) in [7, 11) is 0. The summed E-state index contributed by atoms with van der Waals surface area (Å²) in [6.07, 6.45) is 2.16. The molecule has 0 unspecified atom stereocenters. The van der Waals surface area contributed by atoms with Gasteiger partial charge in [0.05, 0.1) is 6.54 Å². The number of hydrogen-bond acceptors (Lipinski definition) is 5. The molecule has 1 heterocycles. The van der Waals surface area contributed by atoms with E-state index in [4.69, 9.17) is 0 Å². The number of nitrogens with one attached hydrogen (secondary N) is 1. The van der Waals surface area contributed by atoms with E-state index >= 15 is 0 Å². The lowest BCUT2D eigenvalue weighted by Gasteiger charge is -2.26. The Balaban J connectivity index is 1.51. The lowest BCUT2D eigenvalue weighted by molar-refractivity contribution is -0.133. The van der Waals surface area contributed by atoms with E-state index in [1.165, 1.54) is 18.3 Å². The average Bonchev–Trinajstić information content (AvgIpc) is 2.62. The van der Waals surface area contributed by atoms with Gasteiger partial charge in [-0.2, -0.15) is 0 Å². The van der Waals surface area contributed by atoms with Gasteiger partial charge in [-0.05, 0) is 23.6 Å². The molecule has 1 aromatic carbocycles. The topological polar surface area (TPSA) is 61.8 Å². The molecule has 6 heteroatoms. The van der Waals surface area contributed by atoms with E-state index in [2.05, 4.69) is 15.2 Å². The number of benzene rings is 1. The number of carbonyl (C=O) groups is 2. The van der Waals surface area contributed by atoms with Crippen LogP contribution < -0.4 is 5.32 Å². The predicted molar refractivity (Wildman–Crippen MR) is 94.5 cm³/mol. The maximum absolute atomic E-state index is 13.0. The second-order valence-electron chi connectivity index (χ2n) is 6.71. The summed E-state index contributed by atoms with van der Waals surface area (Å²) < 4.78 is 13.0. The van der Waals surface area contributed by atoms with Crippen molar-refractivity contribution in [2.24, 2.45) is 10.9 Å². The lowest BCUT2D eigenvalue weighted by atomic mass is 9.77. The molecule has 25 heavy (non-hydrogen) atoms. The number of rotatable bonds is 5. The molecule has 0 spiro atoms. The lowest BCUT2D eigenvalue weighted by Crippen LogP contribution is -2.44. The molecule has 3 rings (SSSR count). The van der Waals surface area contributed by atoms with Crippen LogP contribution in [0.15, 0.2) is 29.3 Å². The van der Waals surface area contributed by atoms with Crippen LogP contribution in [-0.2, 0) is 9.59 Å².